The molecule has 2 aliphatic rings. The minimum atomic E-state index is -0.165. The van der Waals surface area contributed by atoms with Gasteiger partial charge in [0, 0.05) is 31.7 Å². The molecule has 2 fully saturated rings. The molecule has 0 radical (unpaired) electrons. The van der Waals surface area contributed by atoms with Crippen molar-refractivity contribution in [1.29, 1.82) is 0 Å². The van der Waals surface area contributed by atoms with Gasteiger partial charge in [-0.15, -0.1) is 0 Å². The minimum absolute atomic E-state index is 0.165. The van der Waals surface area contributed by atoms with Gasteiger partial charge in [0.05, 0.1) is 6.10 Å². The van der Waals surface area contributed by atoms with Gasteiger partial charge < -0.3 is 10.4 Å². The van der Waals surface area contributed by atoms with Crippen LogP contribution in [-0.4, -0.2) is 41.3 Å². The lowest BCUT2D eigenvalue weighted by molar-refractivity contribution is -0.000968. The molecule has 1 saturated carbocycles. The van der Waals surface area contributed by atoms with Gasteiger partial charge in [-0.05, 0) is 24.8 Å². The summed E-state index contributed by atoms with van der Waals surface area (Å²) in [5.74, 6) is 0. The molecule has 18 heavy (non-hydrogen) atoms. The number of benzene rings is 1. The van der Waals surface area contributed by atoms with Crippen LogP contribution in [0.3, 0.4) is 0 Å². The Hall–Kier alpha value is -0.900. The average Bonchev–Trinajstić information content (AvgIpc) is 2.41. The molecule has 1 aromatic carbocycles. The standard InChI is InChI=1S/C15H22N2O/c18-14-8-4-7-13-15(14)16-9-10-17(13)11-12-5-2-1-3-6-12/h1-3,5-6,13-16,18H,4,7-11H2/t13-,14+,15-/m1/s1. The molecule has 1 heterocycles. The van der Waals surface area contributed by atoms with Gasteiger partial charge in [0.2, 0.25) is 0 Å². The maximum absolute atomic E-state index is 10.1. The number of nitrogens with one attached hydrogen (secondary N) is 1. The Morgan fingerprint density at radius 3 is 2.89 bits per heavy atom. The molecule has 1 aromatic rings. The molecule has 0 aromatic heterocycles. The van der Waals surface area contributed by atoms with Crippen LogP contribution in [0.25, 0.3) is 0 Å². The van der Waals surface area contributed by atoms with Crippen molar-refractivity contribution in [3.05, 3.63) is 35.9 Å². The predicted octanol–water partition coefficient (Wildman–Crippen LogP) is 1.37. The molecule has 3 rings (SSSR count). The summed E-state index contributed by atoms with van der Waals surface area (Å²) >= 11 is 0. The molecule has 3 atom stereocenters. The van der Waals surface area contributed by atoms with Gasteiger partial charge in [0.1, 0.15) is 0 Å². The van der Waals surface area contributed by atoms with Gasteiger partial charge >= 0.3 is 0 Å². The highest BCUT2D eigenvalue weighted by Crippen LogP contribution is 2.27. The Kier molecular flexibility index (Phi) is 3.64. The molecule has 98 valence electrons. The lowest BCUT2D eigenvalue weighted by Gasteiger charge is -2.46. The fraction of sp³-hybridized carbons (Fsp3) is 0.600. The summed E-state index contributed by atoms with van der Waals surface area (Å²) in [6.07, 6.45) is 3.15. The summed E-state index contributed by atoms with van der Waals surface area (Å²) in [7, 11) is 0. The van der Waals surface area contributed by atoms with Gasteiger partial charge in [0.25, 0.3) is 0 Å². The Labute approximate surface area is 109 Å². The van der Waals surface area contributed by atoms with E-state index in [0.717, 1.165) is 32.5 Å². The van der Waals surface area contributed by atoms with Crippen molar-refractivity contribution in [1.82, 2.24) is 10.2 Å². The van der Waals surface area contributed by atoms with Gasteiger partial charge in [-0.3, -0.25) is 4.90 Å². The lowest BCUT2D eigenvalue weighted by Crippen LogP contribution is -2.63. The third-order valence-electron chi connectivity index (χ3n) is 4.31. The van der Waals surface area contributed by atoms with E-state index < -0.39 is 0 Å². The summed E-state index contributed by atoms with van der Waals surface area (Å²) in [4.78, 5) is 2.54. The first kappa shape index (κ1) is 12.2. The van der Waals surface area contributed by atoms with E-state index in [1.807, 2.05) is 0 Å². The van der Waals surface area contributed by atoms with E-state index in [0.29, 0.717) is 6.04 Å². The Bertz CT molecular complexity index is 381. The summed E-state index contributed by atoms with van der Waals surface area (Å²) in [6.45, 7) is 3.09. The first-order valence-corrected chi connectivity index (χ1v) is 7.04. The SMILES string of the molecule is O[C@H]1CCC[C@@H]2[C@H]1NCCN2Cc1ccccc1. The zero-order chi connectivity index (χ0) is 12.4. The van der Waals surface area contributed by atoms with E-state index >= 15 is 0 Å². The predicted molar refractivity (Wildman–Crippen MR) is 72.3 cm³/mol. The first-order chi connectivity index (χ1) is 8.84. The average molecular weight is 246 g/mol. The number of aliphatic hydroxyl groups excluding tert-OH is 1. The monoisotopic (exact) mass is 246 g/mol. The van der Waals surface area contributed by atoms with E-state index in [1.165, 1.54) is 12.0 Å². The Balaban J connectivity index is 1.71. The number of rotatable bonds is 2. The fourth-order valence-electron chi connectivity index (χ4n) is 3.39. The van der Waals surface area contributed by atoms with Crippen molar-refractivity contribution in [3.8, 4) is 0 Å². The minimum Gasteiger partial charge on any atom is -0.391 e. The molecule has 0 spiro atoms. The molecular formula is C15H22N2O. The van der Waals surface area contributed by atoms with Crippen molar-refractivity contribution < 1.29 is 5.11 Å². The van der Waals surface area contributed by atoms with Crippen LogP contribution in [0.4, 0.5) is 0 Å². The van der Waals surface area contributed by atoms with E-state index in [4.69, 9.17) is 0 Å². The second-order valence-electron chi connectivity index (χ2n) is 5.50. The Morgan fingerprint density at radius 2 is 2.06 bits per heavy atom. The van der Waals surface area contributed by atoms with Crippen LogP contribution < -0.4 is 5.32 Å². The highest BCUT2D eigenvalue weighted by Gasteiger charge is 2.37. The third-order valence-corrected chi connectivity index (χ3v) is 4.31. The molecule has 2 N–H and O–H groups in total. The summed E-state index contributed by atoms with van der Waals surface area (Å²) in [5.41, 5.74) is 1.37. The molecule has 0 unspecified atom stereocenters. The molecule has 3 nitrogen and oxygen atoms in total. The second kappa shape index (κ2) is 5.39. The van der Waals surface area contributed by atoms with Gasteiger partial charge in [-0.2, -0.15) is 0 Å². The number of hydrogen-bond acceptors (Lipinski definition) is 3. The van der Waals surface area contributed by atoms with Crippen molar-refractivity contribution in [2.45, 2.75) is 44.0 Å². The maximum Gasteiger partial charge on any atom is 0.0708 e. The number of nitrogens with zero attached hydrogens (tertiary/aromatic N) is 1. The van der Waals surface area contributed by atoms with Gasteiger partial charge in [-0.25, -0.2) is 0 Å². The molecule has 1 saturated heterocycles. The zero-order valence-electron chi connectivity index (χ0n) is 10.8. The number of aliphatic hydroxyl groups is 1. The Morgan fingerprint density at radius 1 is 1.22 bits per heavy atom. The van der Waals surface area contributed by atoms with Gasteiger partial charge in [-0.1, -0.05) is 30.3 Å². The molecule has 3 heteroatoms. The van der Waals surface area contributed by atoms with E-state index in [1.54, 1.807) is 0 Å². The van der Waals surface area contributed by atoms with Crippen LogP contribution in [-0.2, 0) is 6.54 Å². The summed E-state index contributed by atoms with van der Waals surface area (Å²) in [6, 6.07) is 11.4. The smallest absolute Gasteiger partial charge is 0.0708 e. The number of fused-ring (bicyclic) bond motifs is 1. The lowest BCUT2D eigenvalue weighted by atomic mass is 9.85. The van der Waals surface area contributed by atoms with Crippen molar-refractivity contribution >= 4 is 0 Å². The second-order valence-corrected chi connectivity index (χ2v) is 5.50. The largest absolute Gasteiger partial charge is 0.391 e. The molecule has 1 aliphatic carbocycles. The quantitative estimate of drug-likeness (QED) is 0.827. The molecule has 1 aliphatic heterocycles. The summed E-state index contributed by atoms with van der Waals surface area (Å²) in [5, 5.41) is 13.6. The first-order valence-electron chi connectivity index (χ1n) is 7.04. The third kappa shape index (κ3) is 2.44. The summed E-state index contributed by atoms with van der Waals surface area (Å²) < 4.78 is 0. The number of hydrogen-bond donors (Lipinski definition) is 2. The molecule has 0 amide bonds. The van der Waals surface area contributed by atoms with Gasteiger partial charge in [0.15, 0.2) is 0 Å². The van der Waals surface area contributed by atoms with E-state index in [-0.39, 0.29) is 12.1 Å². The van der Waals surface area contributed by atoms with Crippen molar-refractivity contribution in [2.24, 2.45) is 0 Å². The van der Waals surface area contributed by atoms with E-state index in [2.05, 4.69) is 40.5 Å². The van der Waals surface area contributed by atoms with Crippen molar-refractivity contribution in [3.63, 3.8) is 0 Å². The van der Waals surface area contributed by atoms with Crippen LogP contribution in [0.1, 0.15) is 24.8 Å². The maximum atomic E-state index is 10.1. The van der Waals surface area contributed by atoms with Crippen LogP contribution >= 0.6 is 0 Å². The van der Waals surface area contributed by atoms with Crippen LogP contribution in [0.2, 0.25) is 0 Å². The van der Waals surface area contributed by atoms with Crippen LogP contribution in [0, 0.1) is 0 Å². The molecular weight excluding hydrogens is 224 g/mol. The highest BCUT2D eigenvalue weighted by atomic mass is 16.3. The molecule has 0 bridgehead atoms. The normalized spacial score (nSPS) is 33.1. The van der Waals surface area contributed by atoms with Crippen LogP contribution in [0.5, 0.6) is 0 Å². The fourth-order valence-corrected chi connectivity index (χ4v) is 3.39. The topological polar surface area (TPSA) is 35.5 Å². The number of piperazine rings is 1. The zero-order valence-corrected chi connectivity index (χ0v) is 10.8. The van der Waals surface area contributed by atoms with Crippen molar-refractivity contribution in [2.75, 3.05) is 13.1 Å². The van der Waals surface area contributed by atoms with E-state index in [9.17, 15) is 5.11 Å². The highest BCUT2D eigenvalue weighted by molar-refractivity contribution is 5.15. The van der Waals surface area contributed by atoms with Crippen LogP contribution in [0.15, 0.2) is 30.3 Å².